The van der Waals surface area contributed by atoms with Gasteiger partial charge in [0.15, 0.2) is 11.5 Å². The number of non-ortho nitro benzene ring substituents is 1. The Morgan fingerprint density at radius 1 is 1.24 bits per heavy atom. The Bertz CT molecular complexity index is 866. The van der Waals surface area contributed by atoms with Crippen LogP contribution in [0.1, 0.15) is 22.1 Å². The third-order valence-corrected chi connectivity index (χ3v) is 3.77. The van der Waals surface area contributed by atoms with Gasteiger partial charge in [0.2, 0.25) is 6.23 Å². The zero-order valence-corrected chi connectivity index (χ0v) is 13.3. The van der Waals surface area contributed by atoms with Gasteiger partial charge in [0.1, 0.15) is 11.3 Å². The van der Waals surface area contributed by atoms with Crippen LogP contribution in [-0.4, -0.2) is 30.2 Å². The summed E-state index contributed by atoms with van der Waals surface area (Å²) < 4.78 is 15.7. The van der Waals surface area contributed by atoms with Crippen molar-refractivity contribution in [1.82, 2.24) is 0 Å². The Hall–Kier alpha value is -3.49. The van der Waals surface area contributed by atoms with Crippen LogP contribution in [0.15, 0.2) is 30.3 Å². The van der Waals surface area contributed by atoms with Gasteiger partial charge in [0.05, 0.1) is 24.8 Å². The molecule has 0 amide bonds. The summed E-state index contributed by atoms with van der Waals surface area (Å²) in [6.07, 6.45) is -0.935. The van der Waals surface area contributed by atoms with Gasteiger partial charge < -0.3 is 24.6 Å². The summed E-state index contributed by atoms with van der Waals surface area (Å²) in [4.78, 5) is 22.5. The number of ether oxygens (including phenoxy) is 3. The highest BCUT2D eigenvalue weighted by atomic mass is 16.6. The molecule has 0 aliphatic carbocycles. The first-order valence-corrected chi connectivity index (χ1v) is 7.16. The van der Waals surface area contributed by atoms with Gasteiger partial charge in [-0.15, -0.1) is 0 Å². The molecule has 2 aromatic rings. The minimum Gasteiger partial charge on any atom is -0.506 e. The van der Waals surface area contributed by atoms with Crippen molar-refractivity contribution in [2.45, 2.75) is 6.23 Å². The number of hydrogen-bond donors (Lipinski definition) is 2. The highest BCUT2D eigenvalue weighted by Crippen LogP contribution is 2.43. The van der Waals surface area contributed by atoms with Crippen molar-refractivity contribution < 1.29 is 29.0 Å². The normalized spacial score (nSPS) is 15.3. The van der Waals surface area contributed by atoms with Gasteiger partial charge in [0.25, 0.3) is 5.69 Å². The van der Waals surface area contributed by atoms with Crippen LogP contribution in [0.5, 0.6) is 17.2 Å². The smallest absolute Gasteiger partial charge is 0.344 e. The van der Waals surface area contributed by atoms with E-state index in [1.807, 2.05) is 0 Å². The van der Waals surface area contributed by atoms with Crippen LogP contribution in [0.4, 0.5) is 11.4 Å². The van der Waals surface area contributed by atoms with Gasteiger partial charge >= 0.3 is 5.97 Å². The van der Waals surface area contributed by atoms with Crippen molar-refractivity contribution in [3.8, 4) is 17.2 Å². The molecule has 1 aliphatic heterocycles. The monoisotopic (exact) mass is 346 g/mol. The van der Waals surface area contributed by atoms with Crippen molar-refractivity contribution in [2.24, 2.45) is 0 Å². The van der Waals surface area contributed by atoms with E-state index in [-0.39, 0.29) is 28.4 Å². The maximum Gasteiger partial charge on any atom is 0.344 e. The molecule has 1 heterocycles. The van der Waals surface area contributed by atoms with E-state index in [1.54, 1.807) is 12.1 Å². The van der Waals surface area contributed by atoms with E-state index < -0.39 is 17.1 Å². The number of anilines is 1. The van der Waals surface area contributed by atoms with Crippen molar-refractivity contribution in [3.63, 3.8) is 0 Å². The second-order valence-electron chi connectivity index (χ2n) is 5.15. The second-order valence-corrected chi connectivity index (χ2v) is 5.15. The van der Waals surface area contributed by atoms with E-state index in [0.29, 0.717) is 11.3 Å². The molecule has 25 heavy (non-hydrogen) atoms. The Morgan fingerprint density at radius 2 is 2.00 bits per heavy atom. The van der Waals surface area contributed by atoms with Crippen LogP contribution >= 0.6 is 0 Å². The average Bonchev–Trinajstić information content (AvgIpc) is 2.91. The number of phenols is 1. The lowest BCUT2D eigenvalue weighted by atomic mass is 10.1. The third kappa shape index (κ3) is 2.75. The molecular formula is C16H14N2O7. The lowest BCUT2D eigenvalue weighted by molar-refractivity contribution is -0.384. The Balaban J connectivity index is 2.00. The number of carbonyl (C=O) groups excluding carboxylic acids is 1. The fraction of sp³-hybridized carbons (Fsp3) is 0.188. The van der Waals surface area contributed by atoms with Crippen molar-refractivity contribution >= 4 is 17.3 Å². The van der Waals surface area contributed by atoms with E-state index in [4.69, 9.17) is 14.2 Å². The topological polar surface area (TPSA) is 120 Å². The Kier molecular flexibility index (Phi) is 4.05. The molecule has 0 bridgehead atoms. The average molecular weight is 346 g/mol. The molecular weight excluding hydrogens is 332 g/mol. The minimum absolute atomic E-state index is 0.0645. The number of benzene rings is 2. The molecule has 130 valence electrons. The first kappa shape index (κ1) is 16.4. The number of nitro groups is 1. The minimum atomic E-state index is -0.935. The number of nitrogens with one attached hydrogen (secondary N) is 1. The molecule has 3 rings (SSSR count). The van der Waals surface area contributed by atoms with Crippen molar-refractivity contribution in [3.05, 3.63) is 51.6 Å². The maximum absolute atomic E-state index is 12.2. The molecule has 0 saturated carbocycles. The number of methoxy groups -OCH3 is 2. The standard InChI is InChI=1S/C16H14N2O7/c1-23-12-6-4-9-13(14(12)24-2)16(20)25-15(9)17-10-7-8(18(21)22)3-5-11(10)19/h3-7,15,17,19H,1-2H3. The largest absolute Gasteiger partial charge is 0.506 e. The molecule has 0 saturated heterocycles. The first-order valence-electron chi connectivity index (χ1n) is 7.16. The zero-order chi connectivity index (χ0) is 18.1. The zero-order valence-electron chi connectivity index (χ0n) is 13.3. The molecule has 9 heteroatoms. The van der Waals surface area contributed by atoms with Gasteiger partial charge in [0, 0.05) is 17.7 Å². The van der Waals surface area contributed by atoms with E-state index >= 15 is 0 Å². The molecule has 2 aromatic carbocycles. The molecule has 0 spiro atoms. The van der Waals surface area contributed by atoms with Crippen LogP contribution < -0.4 is 14.8 Å². The van der Waals surface area contributed by atoms with E-state index in [1.165, 1.54) is 26.4 Å². The molecule has 1 atom stereocenters. The number of cyclic esters (lactones) is 1. The molecule has 0 fully saturated rings. The summed E-state index contributed by atoms with van der Waals surface area (Å²) in [5.41, 5.74) is 0.518. The first-order chi connectivity index (χ1) is 12.0. The molecule has 0 aromatic heterocycles. The predicted molar refractivity (Wildman–Crippen MR) is 86.1 cm³/mol. The lowest BCUT2D eigenvalue weighted by Gasteiger charge is -2.15. The fourth-order valence-electron chi connectivity index (χ4n) is 2.60. The van der Waals surface area contributed by atoms with Crippen LogP contribution in [0.25, 0.3) is 0 Å². The van der Waals surface area contributed by atoms with E-state index in [0.717, 1.165) is 6.07 Å². The summed E-state index contributed by atoms with van der Waals surface area (Å²) in [5, 5.41) is 23.6. The number of hydrogen-bond acceptors (Lipinski definition) is 8. The summed E-state index contributed by atoms with van der Waals surface area (Å²) in [7, 11) is 2.85. The van der Waals surface area contributed by atoms with Crippen LogP contribution in [0.3, 0.4) is 0 Å². The highest BCUT2D eigenvalue weighted by molar-refractivity contribution is 5.98. The quantitative estimate of drug-likeness (QED) is 0.367. The summed E-state index contributed by atoms with van der Waals surface area (Å²) in [6.45, 7) is 0. The molecule has 1 unspecified atom stereocenters. The lowest BCUT2D eigenvalue weighted by Crippen LogP contribution is -2.10. The summed E-state index contributed by atoms with van der Waals surface area (Å²) >= 11 is 0. The Morgan fingerprint density at radius 3 is 2.64 bits per heavy atom. The van der Waals surface area contributed by atoms with Crippen LogP contribution in [0, 0.1) is 10.1 Å². The number of nitrogens with zero attached hydrogens (tertiary/aromatic N) is 1. The number of fused-ring (bicyclic) bond motifs is 1. The van der Waals surface area contributed by atoms with Crippen molar-refractivity contribution in [1.29, 1.82) is 0 Å². The van der Waals surface area contributed by atoms with Gasteiger partial charge in [-0.1, -0.05) is 0 Å². The second kappa shape index (κ2) is 6.19. The van der Waals surface area contributed by atoms with E-state index in [2.05, 4.69) is 5.32 Å². The van der Waals surface area contributed by atoms with Crippen LogP contribution in [0.2, 0.25) is 0 Å². The number of aromatic hydroxyl groups is 1. The van der Waals surface area contributed by atoms with Gasteiger partial charge in [-0.25, -0.2) is 4.79 Å². The SMILES string of the molecule is COc1ccc2c(c1OC)C(=O)OC2Nc1cc([N+](=O)[O-])ccc1O. The molecule has 0 radical (unpaired) electrons. The van der Waals surface area contributed by atoms with Gasteiger partial charge in [-0.2, -0.15) is 0 Å². The van der Waals surface area contributed by atoms with Gasteiger partial charge in [-0.05, 0) is 18.2 Å². The Labute approximate surface area is 141 Å². The third-order valence-electron chi connectivity index (χ3n) is 3.77. The fourth-order valence-corrected chi connectivity index (χ4v) is 2.60. The number of carbonyl (C=O) groups is 1. The molecule has 2 N–H and O–H groups in total. The van der Waals surface area contributed by atoms with Gasteiger partial charge in [-0.3, -0.25) is 10.1 Å². The predicted octanol–water partition coefficient (Wildman–Crippen LogP) is 2.60. The molecule has 9 nitrogen and oxygen atoms in total. The molecule has 1 aliphatic rings. The number of esters is 1. The summed E-state index contributed by atoms with van der Waals surface area (Å²) in [5.74, 6) is -0.238. The summed E-state index contributed by atoms with van der Waals surface area (Å²) in [6, 6.07) is 6.74. The highest BCUT2D eigenvalue weighted by Gasteiger charge is 2.36. The number of phenolic OH excluding ortho intramolecular Hbond substituents is 1. The number of nitro benzene ring substituents is 1. The number of rotatable bonds is 5. The van der Waals surface area contributed by atoms with Crippen LogP contribution in [-0.2, 0) is 4.74 Å². The maximum atomic E-state index is 12.2. The van der Waals surface area contributed by atoms with Crippen molar-refractivity contribution in [2.75, 3.05) is 19.5 Å². The van der Waals surface area contributed by atoms with E-state index in [9.17, 15) is 20.0 Å².